The van der Waals surface area contributed by atoms with Crippen molar-refractivity contribution >= 4 is 11.9 Å². The Morgan fingerprint density at radius 3 is 2.65 bits per heavy atom. The van der Waals surface area contributed by atoms with Gasteiger partial charge in [-0.25, -0.2) is 9.97 Å². The van der Waals surface area contributed by atoms with Crippen LogP contribution >= 0.6 is 0 Å². The van der Waals surface area contributed by atoms with E-state index in [1.165, 1.54) is 11.1 Å². The van der Waals surface area contributed by atoms with Crippen molar-refractivity contribution in [2.45, 2.75) is 38.8 Å². The van der Waals surface area contributed by atoms with Gasteiger partial charge in [-0.05, 0) is 31.7 Å². The van der Waals surface area contributed by atoms with E-state index in [2.05, 4.69) is 46.1 Å². The van der Waals surface area contributed by atoms with Crippen LogP contribution in [0.3, 0.4) is 0 Å². The Balaban J connectivity index is 1.42. The topological polar surface area (TPSA) is 69.6 Å². The van der Waals surface area contributed by atoms with Gasteiger partial charge in [0.15, 0.2) is 0 Å². The Labute approximate surface area is 153 Å². The number of aliphatic hydroxyl groups is 1. The minimum Gasteiger partial charge on any atom is -0.393 e. The van der Waals surface area contributed by atoms with E-state index in [0.717, 1.165) is 38.0 Å². The maximum atomic E-state index is 12.6. The summed E-state index contributed by atoms with van der Waals surface area (Å²) in [5, 5.41) is 9.65. The lowest BCUT2D eigenvalue weighted by atomic mass is 10.1. The standard InChI is InChI=1S/C20H24N4O2/c1-14-2-4-15(5-3-14)6-9-24-13-18-17(19(24)26)12-21-20(22-18)23-10-7-16(25)8-11-23/h2-5,12,16,25H,6-11,13H2,1H3. The molecule has 1 N–H and O–H groups in total. The summed E-state index contributed by atoms with van der Waals surface area (Å²) in [6.07, 6.45) is 3.75. The van der Waals surface area contributed by atoms with Crippen LogP contribution in [0.4, 0.5) is 5.95 Å². The molecule has 0 spiro atoms. The number of carbonyl (C=O) groups excluding carboxylic acids is 1. The summed E-state index contributed by atoms with van der Waals surface area (Å²) in [4.78, 5) is 25.6. The molecule has 2 aliphatic heterocycles. The first-order valence-electron chi connectivity index (χ1n) is 9.24. The third-order valence-corrected chi connectivity index (χ3v) is 5.25. The van der Waals surface area contributed by atoms with Gasteiger partial charge in [0.05, 0.1) is 23.9 Å². The van der Waals surface area contributed by atoms with Crippen molar-refractivity contribution in [3.8, 4) is 0 Å². The van der Waals surface area contributed by atoms with E-state index in [4.69, 9.17) is 0 Å². The Morgan fingerprint density at radius 1 is 1.19 bits per heavy atom. The summed E-state index contributed by atoms with van der Waals surface area (Å²) in [7, 11) is 0. The van der Waals surface area contributed by atoms with Crippen molar-refractivity contribution in [1.29, 1.82) is 0 Å². The number of aliphatic hydroxyl groups excluding tert-OH is 1. The summed E-state index contributed by atoms with van der Waals surface area (Å²) >= 11 is 0. The zero-order chi connectivity index (χ0) is 18.1. The van der Waals surface area contributed by atoms with Crippen LogP contribution < -0.4 is 4.90 Å². The number of aryl methyl sites for hydroxylation is 1. The van der Waals surface area contributed by atoms with Crippen LogP contribution in [0.25, 0.3) is 0 Å². The van der Waals surface area contributed by atoms with Gasteiger partial charge in [0.25, 0.3) is 5.91 Å². The molecule has 6 nitrogen and oxygen atoms in total. The van der Waals surface area contributed by atoms with Crippen LogP contribution in [0.2, 0.25) is 0 Å². The van der Waals surface area contributed by atoms with E-state index in [1.54, 1.807) is 6.20 Å². The summed E-state index contributed by atoms with van der Waals surface area (Å²) in [5.41, 5.74) is 3.91. The van der Waals surface area contributed by atoms with Gasteiger partial charge in [-0.1, -0.05) is 29.8 Å². The van der Waals surface area contributed by atoms with Crippen LogP contribution in [-0.2, 0) is 13.0 Å². The molecule has 1 fully saturated rings. The van der Waals surface area contributed by atoms with Crippen LogP contribution in [-0.4, -0.2) is 51.6 Å². The van der Waals surface area contributed by atoms with Crippen molar-refractivity contribution in [3.05, 3.63) is 52.8 Å². The second kappa shape index (κ2) is 7.03. The molecular weight excluding hydrogens is 328 g/mol. The number of anilines is 1. The second-order valence-corrected chi connectivity index (χ2v) is 7.21. The van der Waals surface area contributed by atoms with Crippen molar-refractivity contribution in [3.63, 3.8) is 0 Å². The van der Waals surface area contributed by atoms with E-state index in [-0.39, 0.29) is 12.0 Å². The highest BCUT2D eigenvalue weighted by Crippen LogP contribution is 2.24. The van der Waals surface area contributed by atoms with Crippen LogP contribution in [0, 0.1) is 6.92 Å². The highest BCUT2D eigenvalue weighted by atomic mass is 16.3. The zero-order valence-corrected chi connectivity index (χ0v) is 15.1. The molecule has 26 heavy (non-hydrogen) atoms. The molecule has 0 saturated carbocycles. The first-order chi connectivity index (χ1) is 12.6. The van der Waals surface area contributed by atoms with Crippen LogP contribution in [0.15, 0.2) is 30.5 Å². The average molecular weight is 352 g/mol. The molecule has 136 valence electrons. The van der Waals surface area contributed by atoms with E-state index >= 15 is 0 Å². The molecule has 1 amide bonds. The van der Waals surface area contributed by atoms with E-state index in [9.17, 15) is 9.90 Å². The Morgan fingerprint density at radius 2 is 1.92 bits per heavy atom. The first kappa shape index (κ1) is 17.0. The average Bonchev–Trinajstić information content (AvgIpc) is 2.97. The summed E-state index contributed by atoms with van der Waals surface area (Å²) in [6.45, 7) is 4.81. The highest BCUT2D eigenvalue weighted by Gasteiger charge is 2.30. The molecule has 0 atom stereocenters. The van der Waals surface area contributed by atoms with E-state index in [1.807, 2.05) is 4.90 Å². The molecule has 1 aromatic carbocycles. The number of carbonyl (C=O) groups is 1. The van der Waals surface area contributed by atoms with Crippen molar-refractivity contribution in [2.75, 3.05) is 24.5 Å². The van der Waals surface area contributed by atoms with Gasteiger partial charge in [0.1, 0.15) is 0 Å². The van der Waals surface area contributed by atoms with Crippen LogP contribution in [0.5, 0.6) is 0 Å². The third-order valence-electron chi connectivity index (χ3n) is 5.25. The van der Waals surface area contributed by atoms with E-state index in [0.29, 0.717) is 24.6 Å². The first-order valence-corrected chi connectivity index (χ1v) is 9.24. The summed E-state index contributed by atoms with van der Waals surface area (Å²) in [5.74, 6) is 0.691. The minimum absolute atomic E-state index is 0.0210. The maximum absolute atomic E-state index is 12.6. The molecule has 2 aliphatic rings. The summed E-state index contributed by atoms with van der Waals surface area (Å²) < 4.78 is 0. The normalized spacial score (nSPS) is 17.7. The van der Waals surface area contributed by atoms with Gasteiger partial charge in [-0.3, -0.25) is 4.79 Å². The fraction of sp³-hybridized carbons (Fsp3) is 0.450. The van der Waals surface area contributed by atoms with Crippen LogP contribution in [0.1, 0.15) is 40.0 Å². The lowest BCUT2D eigenvalue weighted by Crippen LogP contribution is -2.37. The summed E-state index contributed by atoms with van der Waals surface area (Å²) in [6, 6.07) is 8.43. The highest BCUT2D eigenvalue weighted by molar-refractivity contribution is 5.97. The maximum Gasteiger partial charge on any atom is 0.257 e. The quantitative estimate of drug-likeness (QED) is 0.911. The SMILES string of the molecule is Cc1ccc(CCN2Cc3nc(N4CCC(O)CC4)ncc3C2=O)cc1. The Kier molecular flexibility index (Phi) is 4.59. The molecule has 0 bridgehead atoms. The van der Waals surface area contributed by atoms with Gasteiger partial charge in [-0.15, -0.1) is 0 Å². The second-order valence-electron chi connectivity index (χ2n) is 7.21. The Bertz CT molecular complexity index is 798. The monoisotopic (exact) mass is 352 g/mol. The van der Waals surface area contributed by atoms with E-state index < -0.39 is 0 Å². The molecule has 0 unspecified atom stereocenters. The predicted octanol–water partition coefficient (Wildman–Crippen LogP) is 1.94. The molecule has 0 aliphatic carbocycles. The predicted molar refractivity (Wildman–Crippen MR) is 99.1 cm³/mol. The Hall–Kier alpha value is -2.47. The molecule has 6 heteroatoms. The number of hydrogen-bond donors (Lipinski definition) is 1. The fourth-order valence-electron chi connectivity index (χ4n) is 3.55. The minimum atomic E-state index is -0.223. The lowest BCUT2D eigenvalue weighted by molar-refractivity contribution is 0.0779. The number of benzene rings is 1. The van der Waals surface area contributed by atoms with Crippen molar-refractivity contribution in [2.24, 2.45) is 0 Å². The van der Waals surface area contributed by atoms with Gasteiger partial charge in [0, 0.05) is 25.8 Å². The number of hydrogen-bond acceptors (Lipinski definition) is 5. The number of fused-ring (bicyclic) bond motifs is 1. The molecule has 2 aromatic rings. The lowest BCUT2D eigenvalue weighted by Gasteiger charge is -2.29. The molecule has 1 saturated heterocycles. The smallest absolute Gasteiger partial charge is 0.257 e. The number of nitrogens with zero attached hydrogens (tertiary/aromatic N) is 4. The molecule has 1 aromatic heterocycles. The number of aromatic nitrogens is 2. The fourth-order valence-corrected chi connectivity index (χ4v) is 3.55. The number of piperidine rings is 1. The van der Waals surface area contributed by atoms with Gasteiger partial charge in [0.2, 0.25) is 5.95 Å². The molecule has 3 heterocycles. The molecular formula is C20H24N4O2. The van der Waals surface area contributed by atoms with Gasteiger partial charge >= 0.3 is 0 Å². The largest absolute Gasteiger partial charge is 0.393 e. The zero-order valence-electron chi connectivity index (χ0n) is 15.1. The molecule has 0 radical (unpaired) electrons. The van der Waals surface area contributed by atoms with Gasteiger partial charge in [-0.2, -0.15) is 0 Å². The number of rotatable bonds is 4. The third kappa shape index (κ3) is 3.42. The van der Waals surface area contributed by atoms with Crippen molar-refractivity contribution < 1.29 is 9.90 Å². The van der Waals surface area contributed by atoms with Gasteiger partial charge < -0.3 is 14.9 Å². The van der Waals surface area contributed by atoms with Crippen molar-refractivity contribution in [1.82, 2.24) is 14.9 Å². The number of amides is 1. The molecule has 4 rings (SSSR count).